The zero-order valence-corrected chi connectivity index (χ0v) is 11.4. The van der Waals surface area contributed by atoms with Crippen LogP contribution in [-0.4, -0.2) is 6.54 Å². The second-order valence-corrected chi connectivity index (χ2v) is 4.67. The number of nitrogens with zero attached hydrogens (tertiary/aromatic N) is 1. The number of unbranched alkanes of at least 4 members (excludes halogenated alkanes) is 2. The normalized spacial score (nSPS) is 12.1. The van der Waals surface area contributed by atoms with E-state index in [1.54, 1.807) is 18.2 Å². The zero-order chi connectivity index (χ0) is 12.7. The maximum Gasteiger partial charge on any atom is 0.124 e. The summed E-state index contributed by atoms with van der Waals surface area (Å²) in [5.41, 5.74) is 0.676. The Bertz CT molecular complexity index is 379. The van der Waals surface area contributed by atoms with Gasteiger partial charge in [-0.25, -0.2) is 0 Å². The van der Waals surface area contributed by atoms with Gasteiger partial charge < -0.3 is 0 Å². The summed E-state index contributed by atoms with van der Waals surface area (Å²) < 4.78 is 0. The quantitative estimate of drug-likeness (QED) is 0.781. The van der Waals surface area contributed by atoms with Crippen LogP contribution in [0.5, 0.6) is 0 Å². The largest absolute Gasteiger partial charge is 0.298 e. The molecule has 0 radical (unpaired) electrons. The molecule has 0 aromatic heterocycles. The molecule has 0 saturated carbocycles. The van der Waals surface area contributed by atoms with Crippen LogP contribution in [0.2, 0.25) is 10.0 Å². The first kappa shape index (κ1) is 14.3. The van der Waals surface area contributed by atoms with Gasteiger partial charge in [-0.2, -0.15) is 5.26 Å². The van der Waals surface area contributed by atoms with Gasteiger partial charge in [-0.15, -0.1) is 0 Å². The number of hydrogen-bond donors (Lipinski definition) is 1. The van der Waals surface area contributed by atoms with Gasteiger partial charge in [0.15, 0.2) is 0 Å². The first-order valence-electron chi connectivity index (χ1n) is 5.77. The smallest absolute Gasteiger partial charge is 0.124 e. The van der Waals surface area contributed by atoms with E-state index in [4.69, 9.17) is 28.5 Å². The van der Waals surface area contributed by atoms with E-state index < -0.39 is 6.04 Å². The summed E-state index contributed by atoms with van der Waals surface area (Å²) in [5, 5.41) is 13.4. The molecule has 0 heterocycles. The summed E-state index contributed by atoms with van der Waals surface area (Å²) in [6.45, 7) is 2.94. The van der Waals surface area contributed by atoms with Crippen molar-refractivity contribution in [2.24, 2.45) is 0 Å². The summed E-state index contributed by atoms with van der Waals surface area (Å²) in [4.78, 5) is 0. The number of hydrogen-bond acceptors (Lipinski definition) is 2. The van der Waals surface area contributed by atoms with Crippen molar-refractivity contribution in [3.63, 3.8) is 0 Å². The minimum absolute atomic E-state index is 0.437. The average molecular weight is 271 g/mol. The van der Waals surface area contributed by atoms with E-state index in [2.05, 4.69) is 18.3 Å². The molecule has 1 aromatic carbocycles. The third-order valence-corrected chi connectivity index (χ3v) is 3.21. The number of benzene rings is 1. The fraction of sp³-hybridized carbons (Fsp3) is 0.462. The van der Waals surface area contributed by atoms with Gasteiger partial charge in [-0.05, 0) is 25.1 Å². The van der Waals surface area contributed by atoms with Crippen LogP contribution in [-0.2, 0) is 0 Å². The van der Waals surface area contributed by atoms with Crippen molar-refractivity contribution in [1.29, 1.82) is 5.26 Å². The third kappa shape index (κ3) is 4.20. The van der Waals surface area contributed by atoms with Crippen molar-refractivity contribution >= 4 is 23.2 Å². The second-order valence-electron chi connectivity index (χ2n) is 3.86. The molecule has 0 aliphatic carbocycles. The second kappa shape index (κ2) is 7.55. The summed E-state index contributed by atoms with van der Waals surface area (Å²) in [6, 6.07) is 7.04. The van der Waals surface area contributed by atoms with E-state index in [0.717, 1.165) is 25.8 Å². The highest BCUT2D eigenvalue weighted by Gasteiger charge is 2.16. The fourth-order valence-corrected chi connectivity index (χ4v) is 2.24. The Hall–Kier alpha value is -0.750. The van der Waals surface area contributed by atoms with E-state index in [-0.39, 0.29) is 0 Å². The van der Waals surface area contributed by atoms with Crippen molar-refractivity contribution < 1.29 is 0 Å². The molecule has 0 amide bonds. The fourth-order valence-electron chi connectivity index (χ4n) is 1.62. The molecule has 0 saturated heterocycles. The molecule has 0 fully saturated rings. The minimum Gasteiger partial charge on any atom is -0.298 e. The van der Waals surface area contributed by atoms with Crippen molar-refractivity contribution in [2.75, 3.05) is 6.54 Å². The zero-order valence-electron chi connectivity index (χ0n) is 9.84. The van der Waals surface area contributed by atoms with E-state index in [1.165, 1.54) is 0 Å². The van der Waals surface area contributed by atoms with E-state index >= 15 is 0 Å². The minimum atomic E-state index is -0.437. The molecule has 1 atom stereocenters. The lowest BCUT2D eigenvalue weighted by atomic mass is 10.1. The van der Waals surface area contributed by atoms with Crippen LogP contribution in [0.1, 0.15) is 37.8 Å². The Labute approximate surface area is 113 Å². The molecule has 1 unspecified atom stereocenters. The lowest BCUT2D eigenvalue weighted by Crippen LogP contribution is -2.21. The van der Waals surface area contributed by atoms with E-state index in [9.17, 15) is 0 Å². The highest BCUT2D eigenvalue weighted by Crippen LogP contribution is 2.29. The molecular weight excluding hydrogens is 255 g/mol. The van der Waals surface area contributed by atoms with Crippen molar-refractivity contribution in [3.8, 4) is 6.07 Å². The van der Waals surface area contributed by atoms with E-state index in [0.29, 0.717) is 15.6 Å². The van der Waals surface area contributed by atoms with Gasteiger partial charge in [0.25, 0.3) is 0 Å². The maximum absolute atomic E-state index is 9.16. The predicted octanol–water partition coefficient (Wildman–Crippen LogP) is 4.34. The highest BCUT2D eigenvalue weighted by molar-refractivity contribution is 6.36. The van der Waals surface area contributed by atoms with Gasteiger partial charge in [-0.1, -0.05) is 49.0 Å². The molecular formula is C13H16Cl2N2. The van der Waals surface area contributed by atoms with Crippen LogP contribution in [0.15, 0.2) is 18.2 Å². The Balaban J connectivity index is 2.70. The summed E-state index contributed by atoms with van der Waals surface area (Å²) in [6.07, 6.45) is 3.36. The van der Waals surface area contributed by atoms with Crippen molar-refractivity contribution in [2.45, 2.75) is 32.2 Å². The molecule has 17 heavy (non-hydrogen) atoms. The summed E-state index contributed by atoms with van der Waals surface area (Å²) in [5.74, 6) is 0. The molecule has 0 spiro atoms. The van der Waals surface area contributed by atoms with E-state index in [1.807, 2.05) is 0 Å². The van der Waals surface area contributed by atoms with Crippen molar-refractivity contribution in [3.05, 3.63) is 33.8 Å². The number of nitrogens with one attached hydrogen (secondary N) is 1. The monoisotopic (exact) mass is 270 g/mol. The van der Waals surface area contributed by atoms with Gasteiger partial charge in [0, 0.05) is 15.6 Å². The van der Waals surface area contributed by atoms with Crippen LogP contribution in [0.25, 0.3) is 0 Å². The Morgan fingerprint density at radius 1 is 1.29 bits per heavy atom. The SMILES string of the molecule is CCCCCNC(C#N)c1c(Cl)cccc1Cl. The molecule has 4 heteroatoms. The van der Waals surface area contributed by atoms with Gasteiger partial charge in [0.05, 0.1) is 6.07 Å². The first-order chi connectivity index (χ1) is 8.20. The third-order valence-electron chi connectivity index (χ3n) is 2.55. The first-order valence-corrected chi connectivity index (χ1v) is 6.53. The van der Waals surface area contributed by atoms with Crippen LogP contribution in [0.4, 0.5) is 0 Å². The standard InChI is InChI=1S/C13H16Cl2N2/c1-2-3-4-8-17-12(9-16)13-10(14)6-5-7-11(13)15/h5-7,12,17H,2-4,8H2,1H3. The molecule has 1 N–H and O–H groups in total. The van der Waals surface area contributed by atoms with Gasteiger partial charge in [-0.3, -0.25) is 5.32 Å². The summed E-state index contributed by atoms with van der Waals surface area (Å²) >= 11 is 12.1. The van der Waals surface area contributed by atoms with Crippen LogP contribution >= 0.6 is 23.2 Å². The molecule has 0 bridgehead atoms. The van der Waals surface area contributed by atoms with Gasteiger partial charge in [0.2, 0.25) is 0 Å². The van der Waals surface area contributed by atoms with Crippen LogP contribution in [0.3, 0.4) is 0 Å². The Kier molecular flexibility index (Phi) is 6.36. The van der Waals surface area contributed by atoms with Crippen molar-refractivity contribution in [1.82, 2.24) is 5.32 Å². The maximum atomic E-state index is 9.16. The van der Waals surface area contributed by atoms with Gasteiger partial charge >= 0.3 is 0 Å². The Morgan fingerprint density at radius 2 is 1.94 bits per heavy atom. The van der Waals surface area contributed by atoms with Gasteiger partial charge in [0.1, 0.15) is 6.04 Å². The molecule has 92 valence electrons. The molecule has 0 aliphatic rings. The van der Waals surface area contributed by atoms with Crippen LogP contribution in [0, 0.1) is 11.3 Å². The lowest BCUT2D eigenvalue weighted by molar-refractivity contribution is 0.582. The average Bonchev–Trinajstić information content (AvgIpc) is 2.31. The number of nitriles is 1. The Morgan fingerprint density at radius 3 is 2.47 bits per heavy atom. The number of halogens is 2. The number of rotatable bonds is 6. The predicted molar refractivity (Wildman–Crippen MR) is 72.3 cm³/mol. The topological polar surface area (TPSA) is 35.8 Å². The lowest BCUT2D eigenvalue weighted by Gasteiger charge is -2.14. The molecule has 2 nitrogen and oxygen atoms in total. The summed E-state index contributed by atoms with van der Waals surface area (Å²) in [7, 11) is 0. The highest BCUT2D eigenvalue weighted by atomic mass is 35.5. The molecule has 0 aliphatic heterocycles. The van der Waals surface area contributed by atoms with Crippen LogP contribution < -0.4 is 5.32 Å². The molecule has 1 rings (SSSR count). The molecule has 1 aromatic rings.